The Morgan fingerprint density at radius 1 is 0.364 bits per heavy atom. The Bertz CT molecular complexity index is 1240. The van der Waals surface area contributed by atoms with Crippen molar-refractivity contribution in [1.29, 1.82) is 0 Å². The quantitative estimate of drug-likeness (QED) is 0.289. The molecule has 0 aromatic carbocycles. The highest BCUT2D eigenvalue weighted by molar-refractivity contribution is 5.13. The SMILES string of the molecule is Cc1cccc(CN2CCN(Cc3cccc(C)n3)CCN(Cc3cccc(C)n3)CCN(Cc3cccc(C)n3)CC2)n1. The zero-order valence-electron chi connectivity index (χ0n) is 27.0. The van der Waals surface area contributed by atoms with Crippen LogP contribution in [-0.2, 0) is 26.2 Å². The maximum absolute atomic E-state index is 4.84. The van der Waals surface area contributed by atoms with E-state index in [9.17, 15) is 0 Å². The van der Waals surface area contributed by atoms with Crippen LogP contribution in [0.25, 0.3) is 0 Å². The molecule has 8 heteroatoms. The minimum atomic E-state index is 0.847. The Balaban J connectivity index is 1.37. The predicted octanol–water partition coefficient (Wildman–Crippen LogP) is 4.82. The molecule has 44 heavy (non-hydrogen) atoms. The molecular weight excluding hydrogens is 544 g/mol. The standard InChI is InChI=1S/C36H48N8/c1-29-9-5-13-33(37-29)25-41-17-19-42(26-34-14-6-10-30(2)38-34)21-23-44(28-36-16-8-12-32(4)40-36)24-22-43(20-18-41)27-35-15-7-11-31(3)39-35/h5-16H,17-28H2,1-4H3. The number of hydrogen-bond acceptors (Lipinski definition) is 8. The lowest BCUT2D eigenvalue weighted by atomic mass is 10.2. The molecule has 0 spiro atoms. The zero-order chi connectivity index (χ0) is 30.7. The van der Waals surface area contributed by atoms with E-state index in [-0.39, 0.29) is 0 Å². The number of pyridine rings is 4. The lowest BCUT2D eigenvalue weighted by Crippen LogP contribution is -2.45. The van der Waals surface area contributed by atoms with Gasteiger partial charge in [-0.25, -0.2) is 0 Å². The first-order valence-corrected chi connectivity index (χ1v) is 16.0. The number of aromatic nitrogens is 4. The van der Waals surface area contributed by atoms with E-state index in [1.165, 1.54) is 0 Å². The van der Waals surface area contributed by atoms with E-state index in [4.69, 9.17) is 19.9 Å². The van der Waals surface area contributed by atoms with Gasteiger partial charge < -0.3 is 0 Å². The van der Waals surface area contributed by atoms with Gasteiger partial charge in [-0.05, 0) is 76.2 Å². The fraction of sp³-hybridized carbons (Fsp3) is 0.444. The molecule has 4 aromatic rings. The number of rotatable bonds is 8. The minimum Gasteiger partial charge on any atom is -0.295 e. The summed E-state index contributed by atoms with van der Waals surface area (Å²) in [4.78, 5) is 29.7. The van der Waals surface area contributed by atoms with Crippen LogP contribution in [-0.4, -0.2) is 91.9 Å². The summed E-state index contributed by atoms with van der Waals surface area (Å²) in [7, 11) is 0. The van der Waals surface area contributed by atoms with E-state index in [2.05, 4.69) is 120 Å². The molecule has 0 radical (unpaired) electrons. The van der Waals surface area contributed by atoms with Crippen molar-refractivity contribution in [3.63, 3.8) is 0 Å². The van der Waals surface area contributed by atoms with Gasteiger partial charge >= 0.3 is 0 Å². The van der Waals surface area contributed by atoms with E-state index in [0.29, 0.717) is 0 Å². The van der Waals surface area contributed by atoms with E-state index in [1.807, 2.05) is 0 Å². The van der Waals surface area contributed by atoms with Crippen molar-refractivity contribution < 1.29 is 0 Å². The molecule has 5 heterocycles. The van der Waals surface area contributed by atoms with Gasteiger partial charge in [0.1, 0.15) is 0 Å². The molecule has 0 bridgehead atoms. The van der Waals surface area contributed by atoms with Crippen molar-refractivity contribution in [3.8, 4) is 0 Å². The second-order valence-electron chi connectivity index (χ2n) is 12.2. The molecule has 0 saturated carbocycles. The molecule has 5 rings (SSSR count). The maximum Gasteiger partial charge on any atom is 0.0547 e. The maximum atomic E-state index is 4.84. The summed E-state index contributed by atoms with van der Waals surface area (Å²) in [5.74, 6) is 0. The second-order valence-corrected chi connectivity index (χ2v) is 12.2. The van der Waals surface area contributed by atoms with Gasteiger partial charge in [0.05, 0.1) is 22.8 Å². The van der Waals surface area contributed by atoms with Gasteiger partial charge in [0.25, 0.3) is 0 Å². The smallest absolute Gasteiger partial charge is 0.0547 e. The Labute approximate surface area is 263 Å². The molecule has 0 N–H and O–H groups in total. The van der Waals surface area contributed by atoms with Gasteiger partial charge in [0.2, 0.25) is 0 Å². The van der Waals surface area contributed by atoms with Crippen molar-refractivity contribution in [2.45, 2.75) is 53.9 Å². The first kappa shape index (κ1) is 31.9. The van der Waals surface area contributed by atoms with Crippen LogP contribution in [0.15, 0.2) is 72.8 Å². The molecule has 232 valence electrons. The fourth-order valence-corrected chi connectivity index (χ4v) is 5.88. The summed E-state index contributed by atoms with van der Waals surface area (Å²) < 4.78 is 0. The van der Waals surface area contributed by atoms with Gasteiger partial charge in [-0.2, -0.15) is 0 Å². The molecule has 4 aromatic heterocycles. The van der Waals surface area contributed by atoms with Crippen LogP contribution in [0.1, 0.15) is 45.6 Å². The molecule has 0 atom stereocenters. The minimum absolute atomic E-state index is 0.847. The van der Waals surface area contributed by atoms with Crippen LogP contribution in [0.3, 0.4) is 0 Å². The van der Waals surface area contributed by atoms with E-state index < -0.39 is 0 Å². The van der Waals surface area contributed by atoms with Crippen molar-refractivity contribution >= 4 is 0 Å². The summed E-state index contributed by atoms with van der Waals surface area (Å²) in [6, 6.07) is 25.4. The third-order valence-electron chi connectivity index (χ3n) is 8.26. The molecular formula is C36H48N8. The predicted molar refractivity (Wildman–Crippen MR) is 177 cm³/mol. The molecule has 1 fully saturated rings. The van der Waals surface area contributed by atoms with Gasteiger partial charge in [-0.1, -0.05) is 24.3 Å². The number of nitrogens with zero attached hydrogens (tertiary/aromatic N) is 8. The molecule has 1 aliphatic rings. The first-order chi connectivity index (χ1) is 21.4. The van der Waals surface area contributed by atoms with Gasteiger partial charge in [-0.15, -0.1) is 0 Å². The highest BCUT2D eigenvalue weighted by Crippen LogP contribution is 2.12. The topological polar surface area (TPSA) is 64.5 Å². The van der Waals surface area contributed by atoms with Crippen LogP contribution in [0.2, 0.25) is 0 Å². The highest BCUT2D eigenvalue weighted by atomic mass is 15.3. The van der Waals surface area contributed by atoms with Crippen molar-refractivity contribution in [3.05, 3.63) is 118 Å². The van der Waals surface area contributed by atoms with Crippen LogP contribution in [0, 0.1) is 27.7 Å². The van der Waals surface area contributed by atoms with E-state index >= 15 is 0 Å². The third-order valence-corrected chi connectivity index (χ3v) is 8.26. The van der Waals surface area contributed by atoms with Crippen molar-refractivity contribution in [2.24, 2.45) is 0 Å². The van der Waals surface area contributed by atoms with Gasteiger partial charge in [0, 0.05) is 101 Å². The third kappa shape index (κ3) is 10.3. The monoisotopic (exact) mass is 592 g/mol. The molecule has 0 aliphatic carbocycles. The van der Waals surface area contributed by atoms with Gasteiger partial charge in [0.15, 0.2) is 0 Å². The normalized spacial score (nSPS) is 16.8. The van der Waals surface area contributed by atoms with Gasteiger partial charge in [-0.3, -0.25) is 39.5 Å². The molecule has 0 unspecified atom stereocenters. The summed E-state index contributed by atoms with van der Waals surface area (Å²) >= 11 is 0. The largest absolute Gasteiger partial charge is 0.295 e. The van der Waals surface area contributed by atoms with Crippen LogP contribution < -0.4 is 0 Å². The Kier molecular flexibility index (Phi) is 11.5. The Morgan fingerprint density at radius 3 is 0.750 bits per heavy atom. The Hall–Kier alpha value is -3.56. The molecule has 8 nitrogen and oxygen atoms in total. The second kappa shape index (κ2) is 16.0. The van der Waals surface area contributed by atoms with Crippen molar-refractivity contribution in [1.82, 2.24) is 39.5 Å². The fourth-order valence-electron chi connectivity index (χ4n) is 5.88. The number of hydrogen-bond donors (Lipinski definition) is 0. The Morgan fingerprint density at radius 2 is 0.568 bits per heavy atom. The van der Waals surface area contributed by atoms with Crippen molar-refractivity contribution in [2.75, 3.05) is 52.4 Å². The van der Waals surface area contributed by atoms with Crippen LogP contribution >= 0.6 is 0 Å². The summed E-state index contributed by atoms with van der Waals surface area (Å²) in [6.45, 7) is 19.4. The lowest BCUT2D eigenvalue weighted by Gasteiger charge is -2.34. The van der Waals surface area contributed by atoms with Crippen LogP contribution in [0.5, 0.6) is 0 Å². The molecule has 0 amide bonds. The summed E-state index contributed by atoms with van der Waals surface area (Å²) in [5, 5.41) is 0. The first-order valence-electron chi connectivity index (χ1n) is 16.0. The zero-order valence-corrected chi connectivity index (χ0v) is 27.0. The average Bonchev–Trinajstić information content (AvgIpc) is 2.98. The molecule has 1 aliphatic heterocycles. The summed E-state index contributed by atoms with van der Waals surface area (Å²) in [5.41, 5.74) is 8.80. The summed E-state index contributed by atoms with van der Waals surface area (Å²) in [6.07, 6.45) is 0. The van der Waals surface area contributed by atoms with E-state index in [1.54, 1.807) is 0 Å². The van der Waals surface area contributed by atoms with Crippen LogP contribution in [0.4, 0.5) is 0 Å². The van der Waals surface area contributed by atoms with E-state index in [0.717, 1.165) is 124 Å². The highest BCUT2D eigenvalue weighted by Gasteiger charge is 2.19. The number of aryl methyl sites for hydroxylation is 4. The lowest BCUT2D eigenvalue weighted by molar-refractivity contribution is 0.120. The average molecular weight is 593 g/mol. The molecule has 1 saturated heterocycles.